The smallest absolute Gasteiger partial charge is 0.253 e. The molecule has 0 aliphatic carbocycles. The van der Waals surface area contributed by atoms with E-state index in [1.54, 1.807) is 49.6 Å². The zero-order valence-corrected chi connectivity index (χ0v) is 16.7. The van der Waals surface area contributed by atoms with Crippen LogP contribution in [0.4, 0.5) is 11.4 Å². The molecule has 0 aromatic heterocycles. The van der Waals surface area contributed by atoms with Crippen LogP contribution in [0.1, 0.15) is 23.2 Å². The minimum Gasteiger partial charge on any atom is -0.495 e. The van der Waals surface area contributed by atoms with Gasteiger partial charge in [0.1, 0.15) is 5.75 Å². The Morgan fingerprint density at radius 3 is 2.52 bits per heavy atom. The molecule has 0 aliphatic heterocycles. The lowest BCUT2D eigenvalue weighted by Crippen LogP contribution is -2.29. The number of anilines is 2. The first-order valence-electron chi connectivity index (χ1n) is 8.93. The topological polar surface area (TPSA) is 123 Å². The van der Waals surface area contributed by atoms with E-state index in [1.807, 2.05) is 0 Å². The highest BCUT2D eigenvalue weighted by molar-refractivity contribution is 6.30. The summed E-state index contributed by atoms with van der Waals surface area (Å²) in [6, 6.07) is 11.8. The number of hydrogen-bond donors (Lipinski definition) is 4. The van der Waals surface area contributed by atoms with Crippen LogP contribution >= 0.6 is 11.6 Å². The number of amides is 3. The van der Waals surface area contributed by atoms with Gasteiger partial charge in [-0.15, -0.1) is 0 Å². The maximum Gasteiger partial charge on any atom is 0.253 e. The number of benzene rings is 2. The van der Waals surface area contributed by atoms with Crippen molar-refractivity contribution in [2.75, 3.05) is 30.8 Å². The highest BCUT2D eigenvalue weighted by Crippen LogP contribution is 2.27. The van der Waals surface area contributed by atoms with Gasteiger partial charge in [-0.2, -0.15) is 0 Å². The lowest BCUT2D eigenvalue weighted by Gasteiger charge is -2.13. The molecule has 0 saturated carbocycles. The minimum atomic E-state index is -0.504. The molecule has 29 heavy (non-hydrogen) atoms. The Hall–Kier alpha value is -3.26. The maximum absolute atomic E-state index is 12.3. The maximum atomic E-state index is 12.3. The van der Waals surface area contributed by atoms with Gasteiger partial charge in [-0.05, 0) is 30.3 Å². The molecule has 0 bridgehead atoms. The predicted octanol–water partition coefficient (Wildman–Crippen LogP) is 2.39. The number of primary amides is 1. The third-order valence-electron chi connectivity index (χ3n) is 3.93. The molecule has 9 heteroatoms. The van der Waals surface area contributed by atoms with Crippen molar-refractivity contribution >= 4 is 40.7 Å². The zero-order valence-electron chi connectivity index (χ0n) is 16.0. The monoisotopic (exact) mass is 418 g/mol. The average Bonchev–Trinajstić information content (AvgIpc) is 2.68. The molecule has 0 fully saturated rings. The lowest BCUT2D eigenvalue weighted by atomic mass is 10.1. The Labute approximate surface area is 173 Å². The molecule has 2 aromatic rings. The van der Waals surface area contributed by atoms with Crippen LogP contribution in [0.5, 0.6) is 5.75 Å². The zero-order chi connectivity index (χ0) is 21.2. The summed E-state index contributed by atoms with van der Waals surface area (Å²) in [7, 11) is 1.55. The van der Waals surface area contributed by atoms with Crippen LogP contribution in [-0.4, -0.2) is 37.9 Å². The predicted molar refractivity (Wildman–Crippen MR) is 112 cm³/mol. The van der Waals surface area contributed by atoms with E-state index in [2.05, 4.69) is 16.0 Å². The molecule has 5 N–H and O–H groups in total. The van der Waals surface area contributed by atoms with E-state index < -0.39 is 11.8 Å². The number of nitrogens with two attached hydrogens (primary N) is 1. The molecule has 2 aromatic carbocycles. The summed E-state index contributed by atoms with van der Waals surface area (Å²) in [6.07, 6.45) is 0.201. The van der Waals surface area contributed by atoms with Gasteiger partial charge in [-0.25, -0.2) is 0 Å². The Morgan fingerprint density at radius 2 is 1.79 bits per heavy atom. The van der Waals surface area contributed by atoms with E-state index >= 15 is 0 Å². The number of nitrogens with one attached hydrogen (secondary N) is 3. The molecule has 0 aliphatic rings. The molecule has 0 radical (unpaired) electrons. The molecule has 0 unspecified atom stereocenters. The lowest BCUT2D eigenvalue weighted by molar-refractivity contribution is -0.118. The van der Waals surface area contributed by atoms with Crippen molar-refractivity contribution in [3.8, 4) is 5.75 Å². The van der Waals surface area contributed by atoms with E-state index in [-0.39, 0.29) is 25.3 Å². The Balaban J connectivity index is 1.92. The van der Waals surface area contributed by atoms with E-state index in [0.29, 0.717) is 34.3 Å². The molecule has 154 valence electrons. The van der Waals surface area contributed by atoms with E-state index in [1.165, 1.54) is 0 Å². The summed E-state index contributed by atoms with van der Waals surface area (Å²) in [6.45, 7) is 0.470. The standard InChI is InChI=1S/C20H23ClN4O4/c1-29-17-7-6-13(21)12-16(17)23-11-9-19(27)25-15-5-3-2-4-14(15)20(28)24-10-8-18(22)26/h2-7,12,23H,8-11H2,1H3,(H2,22,26)(H,24,28)(H,25,27). The number of hydrogen-bond acceptors (Lipinski definition) is 5. The minimum absolute atomic E-state index is 0.0406. The Morgan fingerprint density at radius 1 is 1.03 bits per heavy atom. The van der Waals surface area contributed by atoms with Crippen LogP contribution in [0.3, 0.4) is 0 Å². The summed E-state index contributed by atoms with van der Waals surface area (Å²) in [5.74, 6) is -0.552. The van der Waals surface area contributed by atoms with Gasteiger partial charge in [0.25, 0.3) is 5.91 Å². The van der Waals surface area contributed by atoms with Gasteiger partial charge in [0.15, 0.2) is 0 Å². The van der Waals surface area contributed by atoms with Crippen LogP contribution in [0.2, 0.25) is 5.02 Å². The highest BCUT2D eigenvalue weighted by Gasteiger charge is 2.13. The second kappa shape index (κ2) is 10.9. The van der Waals surface area contributed by atoms with Crippen LogP contribution in [-0.2, 0) is 9.59 Å². The first-order chi connectivity index (χ1) is 13.9. The van der Waals surface area contributed by atoms with E-state index in [9.17, 15) is 14.4 Å². The number of rotatable bonds is 10. The highest BCUT2D eigenvalue weighted by atomic mass is 35.5. The normalized spacial score (nSPS) is 10.1. The van der Waals surface area contributed by atoms with Gasteiger partial charge >= 0.3 is 0 Å². The number of carbonyl (C=O) groups is 3. The quantitative estimate of drug-likeness (QED) is 0.472. The molecule has 2 rings (SSSR count). The Kier molecular flexibility index (Phi) is 8.29. The van der Waals surface area contributed by atoms with Crippen LogP contribution in [0, 0.1) is 0 Å². The largest absolute Gasteiger partial charge is 0.495 e. The van der Waals surface area contributed by atoms with Crippen molar-refractivity contribution in [3.63, 3.8) is 0 Å². The van der Waals surface area contributed by atoms with Crippen molar-refractivity contribution in [2.45, 2.75) is 12.8 Å². The summed E-state index contributed by atoms with van der Waals surface area (Å²) in [5.41, 5.74) is 6.43. The number of ether oxygens (including phenoxy) is 1. The van der Waals surface area contributed by atoms with Gasteiger partial charge in [0.2, 0.25) is 11.8 Å². The summed E-state index contributed by atoms with van der Waals surface area (Å²) in [4.78, 5) is 35.4. The fourth-order valence-electron chi connectivity index (χ4n) is 2.53. The summed E-state index contributed by atoms with van der Waals surface area (Å²) >= 11 is 5.98. The summed E-state index contributed by atoms with van der Waals surface area (Å²) in [5, 5.41) is 8.98. The molecular formula is C20H23ClN4O4. The van der Waals surface area contributed by atoms with Gasteiger partial charge in [0, 0.05) is 31.0 Å². The first kappa shape index (κ1) is 22.0. The van der Waals surface area contributed by atoms with Crippen molar-refractivity contribution in [3.05, 3.63) is 53.1 Å². The molecule has 0 spiro atoms. The number of halogens is 1. The third-order valence-corrected chi connectivity index (χ3v) is 4.17. The van der Waals surface area contributed by atoms with Crippen molar-refractivity contribution in [2.24, 2.45) is 5.73 Å². The number of para-hydroxylation sites is 1. The van der Waals surface area contributed by atoms with Gasteiger partial charge in [-0.1, -0.05) is 23.7 Å². The number of carbonyl (C=O) groups excluding carboxylic acids is 3. The molecule has 0 heterocycles. The Bertz CT molecular complexity index is 889. The van der Waals surface area contributed by atoms with Gasteiger partial charge in [0.05, 0.1) is 24.0 Å². The van der Waals surface area contributed by atoms with Crippen molar-refractivity contribution < 1.29 is 19.1 Å². The molecule has 3 amide bonds. The summed E-state index contributed by atoms with van der Waals surface area (Å²) < 4.78 is 5.25. The molecule has 0 saturated heterocycles. The van der Waals surface area contributed by atoms with Crippen LogP contribution in [0.15, 0.2) is 42.5 Å². The second-order valence-corrected chi connectivity index (χ2v) is 6.52. The van der Waals surface area contributed by atoms with Crippen molar-refractivity contribution in [1.82, 2.24) is 5.32 Å². The molecular weight excluding hydrogens is 396 g/mol. The molecule has 8 nitrogen and oxygen atoms in total. The molecule has 0 atom stereocenters. The fourth-order valence-corrected chi connectivity index (χ4v) is 2.70. The second-order valence-electron chi connectivity index (χ2n) is 6.09. The first-order valence-corrected chi connectivity index (χ1v) is 9.31. The van der Waals surface area contributed by atoms with Gasteiger partial charge in [-0.3, -0.25) is 14.4 Å². The van der Waals surface area contributed by atoms with Crippen molar-refractivity contribution in [1.29, 1.82) is 0 Å². The average molecular weight is 419 g/mol. The number of methoxy groups -OCH3 is 1. The van der Waals surface area contributed by atoms with E-state index in [0.717, 1.165) is 0 Å². The fraction of sp³-hybridized carbons (Fsp3) is 0.250. The van der Waals surface area contributed by atoms with Crippen LogP contribution < -0.4 is 26.4 Å². The SMILES string of the molecule is COc1ccc(Cl)cc1NCCC(=O)Nc1ccccc1C(=O)NCCC(N)=O. The van der Waals surface area contributed by atoms with Crippen LogP contribution in [0.25, 0.3) is 0 Å². The third kappa shape index (κ3) is 7.00. The van der Waals surface area contributed by atoms with E-state index in [4.69, 9.17) is 22.1 Å². The van der Waals surface area contributed by atoms with Gasteiger partial charge < -0.3 is 26.4 Å².